The molecule has 0 aliphatic carbocycles. The van der Waals surface area contributed by atoms with E-state index in [0.717, 1.165) is 27.4 Å². The van der Waals surface area contributed by atoms with E-state index in [9.17, 15) is 19.5 Å². The Balaban J connectivity index is 1.51. The fourth-order valence-corrected chi connectivity index (χ4v) is 4.70. The number of fused-ring (bicyclic) bond motifs is 1. The van der Waals surface area contributed by atoms with Crippen molar-refractivity contribution in [3.8, 4) is 11.5 Å². The lowest BCUT2D eigenvalue weighted by Crippen LogP contribution is -2.36. The number of amides is 3. The van der Waals surface area contributed by atoms with Crippen LogP contribution in [0.15, 0.2) is 64.0 Å². The Hall–Kier alpha value is -3.30. The summed E-state index contributed by atoms with van der Waals surface area (Å²) >= 11 is 4.01. The van der Waals surface area contributed by atoms with Crippen molar-refractivity contribution in [1.82, 2.24) is 4.90 Å². The monoisotopic (exact) mass is 526 g/mol. The number of hydrogen-bond acceptors (Lipinski definition) is 6. The van der Waals surface area contributed by atoms with Crippen LogP contribution in [0.1, 0.15) is 12.5 Å². The van der Waals surface area contributed by atoms with Crippen LogP contribution >= 0.6 is 27.7 Å². The number of rotatable bonds is 6. The Labute approximate surface area is 202 Å². The summed E-state index contributed by atoms with van der Waals surface area (Å²) in [4.78, 5) is 39.0. The van der Waals surface area contributed by atoms with Crippen LogP contribution in [-0.4, -0.2) is 40.2 Å². The van der Waals surface area contributed by atoms with E-state index in [1.165, 1.54) is 6.08 Å². The van der Waals surface area contributed by atoms with Gasteiger partial charge in [0, 0.05) is 11.1 Å². The summed E-state index contributed by atoms with van der Waals surface area (Å²) in [7, 11) is 0. The lowest BCUT2D eigenvalue weighted by molar-refractivity contribution is -0.127. The molecule has 33 heavy (non-hydrogen) atoms. The van der Waals surface area contributed by atoms with Crippen molar-refractivity contribution < 1.29 is 24.2 Å². The molecule has 2 N–H and O–H groups in total. The highest BCUT2D eigenvalue weighted by Crippen LogP contribution is 2.38. The smallest absolute Gasteiger partial charge is 0.294 e. The highest BCUT2D eigenvalue weighted by Gasteiger charge is 2.36. The molecule has 0 spiro atoms. The summed E-state index contributed by atoms with van der Waals surface area (Å²) in [6, 6.07) is 16.3. The number of hydrogen-bond donors (Lipinski definition) is 2. The maximum Gasteiger partial charge on any atom is 0.294 e. The third-order valence-electron chi connectivity index (χ3n) is 4.89. The van der Waals surface area contributed by atoms with Crippen LogP contribution in [0.4, 0.5) is 10.5 Å². The fourth-order valence-electron chi connectivity index (χ4n) is 3.40. The van der Waals surface area contributed by atoms with Crippen molar-refractivity contribution >= 4 is 67.3 Å². The number of carbonyl (C=O) groups excluding carboxylic acids is 3. The topological polar surface area (TPSA) is 95.9 Å². The maximum atomic E-state index is 12.8. The highest BCUT2D eigenvalue weighted by atomic mass is 79.9. The average molecular weight is 527 g/mol. The lowest BCUT2D eigenvalue weighted by atomic mass is 10.1. The number of phenols is 1. The summed E-state index contributed by atoms with van der Waals surface area (Å²) in [5.74, 6) is -0.819. The quantitative estimate of drug-likeness (QED) is 0.418. The maximum absolute atomic E-state index is 12.8. The number of carbonyl (C=O) groups is 3. The normalized spacial score (nSPS) is 14.8. The summed E-state index contributed by atoms with van der Waals surface area (Å²) in [6.07, 6.45) is 1.53. The summed E-state index contributed by atoms with van der Waals surface area (Å²) in [6.45, 7) is 1.75. The van der Waals surface area contributed by atoms with Crippen LogP contribution in [0.5, 0.6) is 11.5 Å². The van der Waals surface area contributed by atoms with Crippen LogP contribution in [0.25, 0.3) is 16.8 Å². The van der Waals surface area contributed by atoms with E-state index in [-0.39, 0.29) is 16.4 Å². The number of aromatic hydroxyl groups is 1. The van der Waals surface area contributed by atoms with E-state index in [1.807, 2.05) is 36.4 Å². The Morgan fingerprint density at radius 1 is 1.18 bits per heavy atom. The second kappa shape index (κ2) is 9.68. The van der Waals surface area contributed by atoms with Crippen LogP contribution in [0, 0.1) is 0 Å². The van der Waals surface area contributed by atoms with Crippen LogP contribution < -0.4 is 10.1 Å². The molecule has 0 unspecified atom stereocenters. The van der Waals surface area contributed by atoms with Crippen LogP contribution in [-0.2, 0) is 9.59 Å². The molecule has 0 saturated carbocycles. The second-order valence-corrected chi connectivity index (χ2v) is 8.97. The van der Waals surface area contributed by atoms with Gasteiger partial charge in [-0.15, -0.1) is 0 Å². The Morgan fingerprint density at radius 2 is 1.94 bits per heavy atom. The van der Waals surface area contributed by atoms with Crippen molar-refractivity contribution in [1.29, 1.82) is 0 Å². The van der Waals surface area contributed by atoms with Crippen molar-refractivity contribution in [2.75, 3.05) is 18.5 Å². The molecule has 0 atom stereocenters. The zero-order valence-corrected chi connectivity index (χ0v) is 19.9. The predicted octanol–water partition coefficient (Wildman–Crippen LogP) is 5.38. The molecule has 1 heterocycles. The van der Waals surface area contributed by atoms with E-state index in [1.54, 1.807) is 25.1 Å². The number of halogens is 1. The average Bonchev–Trinajstić information content (AvgIpc) is 3.05. The Kier molecular flexibility index (Phi) is 6.71. The van der Waals surface area contributed by atoms with Gasteiger partial charge in [0.1, 0.15) is 6.54 Å². The third kappa shape index (κ3) is 4.89. The largest absolute Gasteiger partial charge is 0.503 e. The molecule has 1 aliphatic rings. The van der Waals surface area contributed by atoms with E-state index in [4.69, 9.17) is 4.74 Å². The lowest BCUT2D eigenvalue weighted by Gasteiger charge is -2.13. The number of imide groups is 1. The number of anilines is 1. The molecule has 4 rings (SSSR count). The molecule has 3 aromatic rings. The standard InChI is InChI=1S/C24H19BrN2O5S/c1-2-32-19-11-14(10-17(25)22(19)29)12-20-23(30)27(24(31)33-20)13-21(28)26-18-9-5-7-15-6-3-4-8-16(15)18/h3-12,29H,2,13H2,1H3,(H,26,28). The van der Waals surface area contributed by atoms with Gasteiger partial charge < -0.3 is 15.2 Å². The predicted molar refractivity (Wildman–Crippen MR) is 132 cm³/mol. The van der Waals surface area contributed by atoms with Gasteiger partial charge in [0.2, 0.25) is 5.91 Å². The van der Waals surface area contributed by atoms with Crippen molar-refractivity contribution in [3.63, 3.8) is 0 Å². The molecular formula is C24H19BrN2O5S. The fraction of sp³-hybridized carbons (Fsp3) is 0.125. The minimum Gasteiger partial charge on any atom is -0.503 e. The molecule has 1 aliphatic heterocycles. The first-order valence-electron chi connectivity index (χ1n) is 10.1. The number of nitrogens with zero attached hydrogens (tertiary/aromatic N) is 1. The van der Waals surface area contributed by atoms with Crippen molar-refractivity contribution in [2.45, 2.75) is 6.92 Å². The SMILES string of the molecule is CCOc1cc(C=C2SC(=O)N(CC(=O)Nc3cccc4ccccc34)C2=O)cc(Br)c1O. The molecule has 1 saturated heterocycles. The van der Waals surface area contributed by atoms with Crippen molar-refractivity contribution in [2.24, 2.45) is 0 Å². The molecule has 168 valence electrons. The first-order valence-corrected chi connectivity index (χ1v) is 11.7. The number of ether oxygens (including phenoxy) is 1. The minimum atomic E-state index is -0.555. The first-order chi connectivity index (χ1) is 15.9. The van der Waals surface area contributed by atoms with E-state index < -0.39 is 23.6 Å². The summed E-state index contributed by atoms with van der Waals surface area (Å²) < 4.78 is 5.80. The van der Waals surface area contributed by atoms with E-state index in [0.29, 0.717) is 22.3 Å². The number of thioether (sulfide) groups is 1. The van der Waals surface area contributed by atoms with Gasteiger partial charge in [-0.1, -0.05) is 36.4 Å². The number of benzene rings is 3. The Morgan fingerprint density at radius 3 is 2.73 bits per heavy atom. The molecule has 0 bridgehead atoms. The third-order valence-corrected chi connectivity index (χ3v) is 6.40. The molecule has 0 aromatic heterocycles. The van der Waals surface area contributed by atoms with Gasteiger partial charge in [0.15, 0.2) is 11.5 Å². The number of phenolic OH excluding ortho intramolecular Hbond substituents is 1. The highest BCUT2D eigenvalue weighted by molar-refractivity contribution is 9.10. The molecule has 3 amide bonds. The molecule has 0 radical (unpaired) electrons. The Bertz CT molecular complexity index is 1300. The van der Waals surface area contributed by atoms with Gasteiger partial charge in [0.05, 0.1) is 16.0 Å². The van der Waals surface area contributed by atoms with E-state index in [2.05, 4.69) is 21.2 Å². The molecule has 3 aromatic carbocycles. The van der Waals surface area contributed by atoms with Crippen LogP contribution in [0.2, 0.25) is 0 Å². The minimum absolute atomic E-state index is 0.0489. The van der Waals surface area contributed by atoms with Gasteiger partial charge >= 0.3 is 0 Å². The summed E-state index contributed by atoms with van der Waals surface area (Å²) in [5, 5.41) is 14.2. The zero-order chi connectivity index (χ0) is 23.5. The first kappa shape index (κ1) is 22.9. The second-order valence-electron chi connectivity index (χ2n) is 7.13. The molecule has 1 fully saturated rings. The number of nitrogens with one attached hydrogen (secondary N) is 1. The van der Waals surface area contributed by atoms with Crippen LogP contribution in [0.3, 0.4) is 0 Å². The molecular weight excluding hydrogens is 508 g/mol. The van der Waals surface area contributed by atoms with Gasteiger partial charge in [-0.3, -0.25) is 19.3 Å². The zero-order valence-electron chi connectivity index (χ0n) is 17.5. The summed E-state index contributed by atoms with van der Waals surface area (Å²) in [5.41, 5.74) is 1.17. The van der Waals surface area contributed by atoms with Gasteiger partial charge in [0.25, 0.3) is 11.1 Å². The molecule has 9 heteroatoms. The van der Waals surface area contributed by atoms with E-state index >= 15 is 0 Å². The van der Waals surface area contributed by atoms with Gasteiger partial charge in [-0.2, -0.15) is 0 Å². The van der Waals surface area contributed by atoms with Crippen molar-refractivity contribution in [3.05, 3.63) is 69.5 Å². The van der Waals surface area contributed by atoms with Gasteiger partial charge in [-0.05, 0) is 69.8 Å². The molecule has 7 nitrogen and oxygen atoms in total. The van der Waals surface area contributed by atoms with Gasteiger partial charge in [-0.25, -0.2) is 0 Å².